The van der Waals surface area contributed by atoms with E-state index in [1.54, 1.807) is 0 Å². The lowest BCUT2D eigenvalue weighted by molar-refractivity contribution is -0.149. The molecule has 0 saturated carbocycles. The van der Waals surface area contributed by atoms with Crippen molar-refractivity contribution in [2.75, 3.05) is 0 Å². The Morgan fingerprint density at radius 2 is 1.94 bits per heavy atom. The monoisotopic (exact) mass is 249 g/mol. The fraction of sp³-hybridized carbons (Fsp3) is 0.429. The summed E-state index contributed by atoms with van der Waals surface area (Å²) >= 11 is 0. The van der Waals surface area contributed by atoms with Gasteiger partial charge in [-0.3, -0.25) is 4.79 Å². The lowest BCUT2D eigenvalue weighted by Gasteiger charge is -2.20. The van der Waals surface area contributed by atoms with Crippen molar-refractivity contribution in [3.63, 3.8) is 0 Å². The Morgan fingerprint density at radius 3 is 2.44 bits per heavy atom. The van der Waals surface area contributed by atoms with Gasteiger partial charge >= 0.3 is 5.97 Å². The second-order valence-electron chi connectivity index (χ2n) is 4.58. The van der Waals surface area contributed by atoms with Gasteiger partial charge in [0.1, 0.15) is 18.9 Å². The number of hydrogen-bond acceptors (Lipinski definition) is 4. The minimum Gasteiger partial charge on any atom is -0.460 e. The number of esters is 1. The zero-order chi connectivity index (χ0) is 13.5. The fourth-order valence-corrected chi connectivity index (χ4v) is 1.64. The minimum absolute atomic E-state index is 0.0155. The lowest BCUT2D eigenvalue weighted by atomic mass is 9.90. The van der Waals surface area contributed by atoms with Crippen LogP contribution < -0.4 is 5.73 Å². The Labute approximate surface area is 107 Å². The second-order valence-corrected chi connectivity index (χ2v) is 4.58. The Hall–Kier alpha value is -1.68. The van der Waals surface area contributed by atoms with Gasteiger partial charge in [0, 0.05) is 5.92 Å². The molecule has 0 saturated heterocycles. The van der Waals surface area contributed by atoms with E-state index in [1.165, 1.54) is 0 Å². The van der Waals surface area contributed by atoms with E-state index in [2.05, 4.69) is 0 Å². The number of aldehydes is 1. The van der Waals surface area contributed by atoms with Crippen molar-refractivity contribution < 1.29 is 14.3 Å². The predicted octanol–water partition coefficient (Wildman–Crippen LogP) is 1.53. The van der Waals surface area contributed by atoms with Crippen LogP contribution in [0.15, 0.2) is 30.3 Å². The standard InChI is InChI=1S/C14H19NO3/c1-10(2)12(8-16)13(15)14(17)18-9-11-6-4-3-5-7-11/h3-8,10,12-13H,9,15H2,1-2H3/t12?,13-/m0/s1. The zero-order valence-corrected chi connectivity index (χ0v) is 10.7. The van der Waals surface area contributed by atoms with Gasteiger partial charge in [-0.1, -0.05) is 44.2 Å². The highest BCUT2D eigenvalue weighted by atomic mass is 16.5. The van der Waals surface area contributed by atoms with Crippen LogP contribution in [-0.4, -0.2) is 18.3 Å². The van der Waals surface area contributed by atoms with Crippen molar-refractivity contribution in [2.45, 2.75) is 26.5 Å². The van der Waals surface area contributed by atoms with Crippen molar-refractivity contribution >= 4 is 12.3 Å². The van der Waals surface area contributed by atoms with E-state index in [-0.39, 0.29) is 12.5 Å². The topological polar surface area (TPSA) is 69.4 Å². The molecule has 0 aromatic heterocycles. The Bertz CT molecular complexity index is 389. The van der Waals surface area contributed by atoms with Gasteiger partial charge in [-0.15, -0.1) is 0 Å². The molecule has 4 nitrogen and oxygen atoms in total. The number of carbonyl (C=O) groups is 2. The van der Waals surface area contributed by atoms with Crippen LogP contribution in [0.3, 0.4) is 0 Å². The van der Waals surface area contributed by atoms with E-state index in [1.807, 2.05) is 44.2 Å². The maximum absolute atomic E-state index is 11.7. The van der Waals surface area contributed by atoms with E-state index in [4.69, 9.17) is 10.5 Å². The summed E-state index contributed by atoms with van der Waals surface area (Å²) in [5.74, 6) is -1.03. The van der Waals surface area contributed by atoms with E-state index in [0.717, 1.165) is 11.8 Å². The van der Waals surface area contributed by atoms with Crippen LogP contribution in [0.5, 0.6) is 0 Å². The minimum atomic E-state index is -0.897. The summed E-state index contributed by atoms with van der Waals surface area (Å²) in [4.78, 5) is 22.6. The first kappa shape index (κ1) is 14.4. The molecule has 0 fully saturated rings. The molecule has 1 rings (SSSR count). The summed E-state index contributed by atoms with van der Waals surface area (Å²) in [6.07, 6.45) is 0.721. The van der Waals surface area contributed by atoms with Gasteiger partial charge in [-0.05, 0) is 11.5 Å². The highest BCUT2D eigenvalue weighted by molar-refractivity contribution is 5.80. The lowest BCUT2D eigenvalue weighted by Crippen LogP contribution is -2.42. The van der Waals surface area contributed by atoms with Crippen LogP contribution in [-0.2, 0) is 20.9 Å². The molecule has 0 amide bonds. The van der Waals surface area contributed by atoms with Gasteiger partial charge < -0.3 is 15.3 Å². The smallest absolute Gasteiger partial charge is 0.323 e. The summed E-state index contributed by atoms with van der Waals surface area (Å²) < 4.78 is 5.10. The summed E-state index contributed by atoms with van der Waals surface area (Å²) in [5, 5.41) is 0. The first-order chi connectivity index (χ1) is 8.56. The number of ether oxygens (including phenoxy) is 1. The van der Waals surface area contributed by atoms with Crippen molar-refractivity contribution in [1.82, 2.24) is 0 Å². The molecule has 0 aliphatic heterocycles. The van der Waals surface area contributed by atoms with Gasteiger partial charge in [-0.25, -0.2) is 0 Å². The number of benzene rings is 1. The van der Waals surface area contributed by atoms with Crippen LogP contribution in [0.25, 0.3) is 0 Å². The van der Waals surface area contributed by atoms with Crippen LogP contribution in [0.1, 0.15) is 19.4 Å². The molecular weight excluding hydrogens is 230 g/mol. The van der Waals surface area contributed by atoms with Gasteiger partial charge in [0.15, 0.2) is 0 Å². The van der Waals surface area contributed by atoms with Gasteiger partial charge in [0.25, 0.3) is 0 Å². The van der Waals surface area contributed by atoms with Gasteiger partial charge in [0.05, 0.1) is 0 Å². The molecule has 0 bridgehead atoms. The van der Waals surface area contributed by atoms with Gasteiger partial charge in [0.2, 0.25) is 0 Å². The Morgan fingerprint density at radius 1 is 1.33 bits per heavy atom. The molecule has 1 unspecified atom stereocenters. The Balaban J connectivity index is 2.52. The van der Waals surface area contributed by atoms with Crippen molar-refractivity contribution in [3.05, 3.63) is 35.9 Å². The quantitative estimate of drug-likeness (QED) is 0.613. The van der Waals surface area contributed by atoms with Crippen LogP contribution >= 0.6 is 0 Å². The van der Waals surface area contributed by atoms with E-state index < -0.39 is 17.9 Å². The van der Waals surface area contributed by atoms with Crippen molar-refractivity contribution in [1.29, 1.82) is 0 Å². The summed E-state index contributed by atoms with van der Waals surface area (Å²) in [6, 6.07) is 8.44. The average molecular weight is 249 g/mol. The first-order valence-electron chi connectivity index (χ1n) is 5.97. The summed E-state index contributed by atoms with van der Waals surface area (Å²) in [5.41, 5.74) is 6.63. The molecule has 2 N–H and O–H groups in total. The van der Waals surface area contributed by atoms with Crippen molar-refractivity contribution in [3.8, 4) is 0 Å². The van der Waals surface area contributed by atoms with Crippen molar-refractivity contribution in [2.24, 2.45) is 17.6 Å². The van der Waals surface area contributed by atoms with E-state index in [0.29, 0.717) is 0 Å². The fourth-order valence-electron chi connectivity index (χ4n) is 1.64. The molecule has 18 heavy (non-hydrogen) atoms. The molecule has 0 heterocycles. The maximum atomic E-state index is 11.7. The maximum Gasteiger partial charge on any atom is 0.323 e. The molecular formula is C14H19NO3. The van der Waals surface area contributed by atoms with E-state index >= 15 is 0 Å². The molecule has 1 aromatic carbocycles. The third-order valence-electron chi connectivity index (χ3n) is 2.84. The highest BCUT2D eigenvalue weighted by Crippen LogP contribution is 2.13. The van der Waals surface area contributed by atoms with Crippen LogP contribution in [0, 0.1) is 11.8 Å². The molecule has 4 heteroatoms. The second kappa shape index (κ2) is 6.91. The van der Waals surface area contributed by atoms with Crippen LogP contribution in [0.2, 0.25) is 0 Å². The third kappa shape index (κ3) is 3.96. The number of nitrogens with two attached hydrogens (primary N) is 1. The molecule has 0 aliphatic rings. The highest BCUT2D eigenvalue weighted by Gasteiger charge is 2.28. The third-order valence-corrected chi connectivity index (χ3v) is 2.84. The molecule has 0 radical (unpaired) electrons. The SMILES string of the molecule is CC(C)C(C=O)[C@H](N)C(=O)OCc1ccccc1. The molecule has 2 atom stereocenters. The molecule has 1 aromatic rings. The summed E-state index contributed by atoms with van der Waals surface area (Å²) in [6.45, 7) is 3.88. The predicted molar refractivity (Wildman–Crippen MR) is 68.6 cm³/mol. The van der Waals surface area contributed by atoms with Gasteiger partial charge in [-0.2, -0.15) is 0 Å². The molecule has 98 valence electrons. The first-order valence-corrected chi connectivity index (χ1v) is 5.97. The normalized spacial score (nSPS) is 14.0. The molecule has 0 aliphatic carbocycles. The number of carbonyl (C=O) groups excluding carboxylic acids is 2. The average Bonchev–Trinajstić information content (AvgIpc) is 2.37. The largest absolute Gasteiger partial charge is 0.460 e. The van der Waals surface area contributed by atoms with E-state index in [9.17, 15) is 9.59 Å². The zero-order valence-electron chi connectivity index (χ0n) is 10.7. The molecule has 0 spiro atoms. The Kier molecular flexibility index (Phi) is 5.52. The number of rotatable bonds is 6. The summed E-state index contributed by atoms with van der Waals surface area (Å²) in [7, 11) is 0. The van der Waals surface area contributed by atoms with Crippen LogP contribution in [0.4, 0.5) is 0 Å². The number of hydrogen-bond donors (Lipinski definition) is 1.